The molecule has 0 heterocycles. The number of benzene rings is 1. The van der Waals surface area contributed by atoms with Crippen LogP contribution in [-0.2, 0) is 0 Å². The SMILES string of the molecule is O=C(O)N/N=C/c1ccccc1. The highest BCUT2D eigenvalue weighted by Crippen LogP contribution is 1.92. The molecule has 12 heavy (non-hydrogen) atoms. The Kier molecular flexibility index (Phi) is 2.84. The fourth-order valence-electron chi connectivity index (χ4n) is 0.701. The molecule has 0 aliphatic rings. The number of hydrazone groups is 1. The third kappa shape index (κ3) is 2.83. The Morgan fingerprint density at radius 2 is 2.08 bits per heavy atom. The zero-order valence-corrected chi connectivity index (χ0v) is 6.27. The predicted octanol–water partition coefficient (Wildman–Crippen LogP) is 1.29. The molecule has 2 N–H and O–H groups in total. The van der Waals surface area contributed by atoms with Gasteiger partial charge in [-0.3, -0.25) is 0 Å². The molecule has 4 heteroatoms. The van der Waals surface area contributed by atoms with Crippen molar-refractivity contribution in [2.45, 2.75) is 0 Å². The van der Waals surface area contributed by atoms with Gasteiger partial charge in [-0.2, -0.15) is 5.10 Å². The minimum atomic E-state index is -1.16. The van der Waals surface area contributed by atoms with E-state index in [9.17, 15) is 4.79 Å². The first-order valence-corrected chi connectivity index (χ1v) is 3.36. The third-order valence-corrected chi connectivity index (χ3v) is 1.17. The molecule has 4 nitrogen and oxygen atoms in total. The van der Waals surface area contributed by atoms with Gasteiger partial charge < -0.3 is 5.11 Å². The molecule has 1 amide bonds. The smallest absolute Gasteiger partial charge is 0.425 e. The first-order valence-electron chi connectivity index (χ1n) is 3.36. The summed E-state index contributed by atoms with van der Waals surface area (Å²) in [7, 11) is 0. The van der Waals surface area contributed by atoms with Gasteiger partial charge in [-0.05, 0) is 5.56 Å². The van der Waals surface area contributed by atoms with Gasteiger partial charge in [0.25, 0.3) is 0 Å². The summed E-state index contributed by atoms with van der Waals surface area (Å²) in [6.45, 7) is 0. The van der Waals surface area contributed by atoms with Gasteiger partial charge >= 0.3 is 6.09 Å². The molecule has 0 fully saturated rings. The Balaban J connectivity index is 2.52. The van der Waals surface area contributed by atoms with E-state index in [1.165, 1.54) is 6.21 Å². The van der Waals surface area contributed by atoms with Crippen molar-refractivity contribution in [1.29, 1.82) is 0 Å². The third-order valence-electron chi connectivity index (χ3n) is 1.17. The lowest BCUT2D eigenvalue weighted by atomic mass is 10.2. The number of carbonyl (C=O) groups is 1. The lowest BCUT2D eigenvalue weighted by molar-refractivity contribution is 0.195. The number of amides is 1. The van der Waals surface area contributed by atoms with Crippen LogP contribution in [0.4, 0.5) is 4.79 Å². The van der Waals surface area contributed by atoms with Crippen molar-refractivity contribution in [3.63, 3.8) is 0 Å². The van der Waals surface area contributed by atoms with Crippen LogP contribution in [-0.4, -0.2) is 17.4 Å². The summed E-state index contributed by atoms with van der Waals surface area (Å²) in [4.78, 5) is 9.96. The Morgan fingerprint density at radius 1 is 1.42 bits per heavy atom. The second kappa shape index (κ2) is 4.12. The molecule has 0 saturated heterocycles. The van der Waals surface area contributed by atoms with E-state index in [0.29, 0.717) is 0 Å². The number of rotatable bonds is 2. The van der Waals surface area contributed by atoms with Crippen molar-refractivity contribution in [2.75, 3.05) is 0 Å². The lowest BCUT2D eigenvalue weighted by Crippen LogP contribution is -2.13. The van der Waals surface area contributed by atoms with Crippen molar-refractivity contribution in [3.05, 3.63) is 35.9 Å². The molecule has 1 aromatic carbocycles. The Bertz CT molecular complexity index is 282. The van der Waals surface area contributed by atoms with Crippen molar-refractivity contribution < 1.29 is 9.90 Å². The standard InChI is InChI=1S/C8H8N2O2/c11-8(12)10-9-6-7-4-2-1-3-5-7/h1-6,10H,(H,11,12)/b9-6+. The van der Waals surface area contributed by atoms with Crippen molar-refractivity contribution in [2.24, 2.45) is 5.10 Å². The fraction of sp³-hybridized carbons (Fsp3) is 0. The Morgan fingerprint density at radius 3 is 2.67 bits per heavy atom. The number of hydrogen-bond donors (Lipinski definition) is 2. The van der Waals surface area contributed by atoms with Crippen molar-refractivity contribution in [3.8, 4) is 0 Å². The molecule has 0 radical (unpaired) electrons. The number of carboxylic acid groups (broad SMARTS) is 1. The highest BCUT2D eigenvalue weighted by Gasteiger charge is 1.87. The first-order chi connectivity index (χ1) is 5.79. The summed E-state index contributed by atoms with van der Waals surface area (Å²) >= 11 is 0. The van der Waals surface area contributed by atoms with E-state index in [2.05, 4.69) is 5.10 Å². The summed E-state index contributed by atoms with van der Waals surface area (Å²) < 4.78 is 0. The number of nitrogens with one attached hydrogen (secondary N) is 1. The maximum absolute atomic E-state index is 9.96. The van der Waals surface area contributed by atoms with Gasteiger partial charge in [-0.25, -0.2) is 10.2 Å². The molecule has 0 atom stereocenters. The summed E-state index contributed by atoms with van der Waals surface area (Å²) in [6, 6.07) is 9.23. The predicted molar refractivity (Wildman–Crippen MR) is 45.2 cm³/mol. The molecule has 0 unspecified atom stereocenters. The Hall–Kier alpha value is -1.84. The summed E-state index contributed by atoms with van der Waals surface area (Å²) in [5.41, 5.74) is 2.73. The van der Waals surface area contributed by atoms with Gasteiger partial charge in [0.15, 0.2) is 0 Å². The molecule has 0 aromatic heterocycles. The minimum Gasteiger partial charge on any atom is -0.464 e. The van der Waals surface area contributed by atoms with Crippen molar-refractivity contribution >= 4 is 12.3 Å². The van der Waals surface area contributed by atoms with Crippen LogP contribution in [0.15, 0.2) is 35.4 Å². The van der Waals surface area contributed by atoms with E-state index in [4.69, 9.17) is 5.11 Å². The molecule has 0 saturated carbocycles. The van der Waals surface area contributed by atoms with Crippen LogP contribution >= 0.6 is 0 Å². The summed E-state index contributed by atoms with van der Waals surface area (Å²) in [5, 5.41) is 11.6. The van der Waals surface area contributed by atoms with E-state index in [1.807, 2.05) is 35.8 Å². The summed E-state index contributed by atoms with van der Waals surface area (Å²) in [5.74, 6) is 0. The van der Waals surface area contributed by atoms with Gasteiger partial charge in [0.1, 0.15) is 0 Å². The monoisotopic (exact) mass is 164 g/mol. The molecule has 0 spiro atoms. The van der Waals surface area contributed by atoms with Crippen LogP contribution in [0.5, 0.6) is 0 Å². The maximum Gasteiger partial charge on any atom is 0.425 e. The van der Waals surface area contributed by atoms with E-state index in [0.717, 1.165) is 5.56 Å². The number of hydrogen-bond acceptors (Lipinski definition) is 2. The van der Waals surface area contributed by atoms with Crippen LogP contribution in [0.3, 0.4) is 0 Å². The first kappa shape index (κ1) is 8.26. The van der Waals surface area contributed by atoms with Gasteiger partial charge in [0.2, 0.25) is 0 Å². The second-order valence-electron chi connectivity index (χ2n) is 2.09. The fourth-order valence-corrected chi connectivity index (χ4v) is 0.701. The second-order valence-corrected chi connectivity index (χ2v) is 2.09. The average Bonchev–Trinajstić information content (AvgIpc) is 2.05. The van der Waals surface area contributed by atoms with Crippen LogP contribution < -0.4 is 5.43 Å². The van der Waals surface area contributed by atoms with Crippen LogP contribution in [0.2, 0.25) is 0 Å². The van der Waals surface area contributed by atoms with Crippen LogP contribution in [0.25, 0.3) is 0 Å². The van der Waals surface area contributed by atoms with E-state index < -0.39 is 6.09 Å². The molecule has 0 aliphatic heterocycles. The molecule has 0 aliphatic carbocycles. The van der Waals surface area contributed by atoms with Gasteiger partial charge in [-0.1, -0.05) is 30.3 Å². The van der Waals surface area contributed by atoms with Gasteiger partial charge in [0.05, 0.1) is 6.21 Å². The van der Waals surface area contributed by atoms with E-state index in [-0.39, 0.29) is 0 Å². The van der Waals surface area contributed by atoms with Crippen LogP contribution in [0.1, 0.15) is 5.56 Å². The highest BCUT2D eigenvalue weighted by atomic mass is 16.4. The number of nitrogens with zero attached hydrogens (tertiary/aromatic N) is 1. The van der Waals surface area contributed by atoms with Crippen molar-refractivity contribution in [1.82, 2.24) is 5.43 Å². The molecular formula is C8H8N2O2. The van der Waals surface area contributed by atoms with Gasteiger partial charge in [-0.15, -0.1) is 0 Å². The molecule has 1 aromatic rings. The largest absolute Gasteiger partial charge is 0.464 e. The Labute approximate surface area is 69.5 Å². The molecule has 62 valence electrons. The minimum absolute atomic E-state index is 0.853. The molecule has 1 rings (SSSR count). The highest BCUT2D eigenvalue weighted by molar-refractivity contribution is 5.80. The quantitative estimate of drug-likeness (QED) is 0.511. The van der Waals surface area contributed by atoms with E-state index >= 15 is 0 Å². The molecular weight excluding hydrogens is 156 g/mol. The lowest BCUT2D eigenvalue weighted by Gasteiger charge is -1.90. The van der Waals surface area contributed by atoms with Crippen LogP contribution in [0, 0.1) is 0 Å². The zero-order chi connectivity index (χ0) is 8.81. The summed E-state index contributed by atoms with van der Waals surface area (Å²) in [6.07, 6.45) is 0.274. The zero-order valence-electron chi connectivity index (χ0n) is 6.27. The normalized spacial score (nSPS) is 10.0. The molecule has 0 bridgehead atoms. The van der Waals surface area contributed by atoms with E-state index in [1.54, 1.807) is 0 Å². The van der Waals surface area contributed by atoms with Gasteiger partial charge in [0, 0.05) is 0 Å². The topological polar surface area (TPSA) is 61.7 Å². The maximum atomic E-state index is 9.96. The average molecular weight is 164 g/mol.